The van der Waals surface area contributed by atoms with Crippen LogP contribution in [-0.2, 0) is 30.8 Å². The summed E-state index contributed by atoms with van der Waals surface area (Å²) in [6, 6.07) is 21.9. The van der Waals surface area contributed by atoms with Crippen LogP contribution in [0.5, 0.6) is 11.5 Å². The summed E-state index contributed by atoms with van der Waals surface area (Å²) in [6.45, 7) is 10.5. The van der Waals surface area contributed by atoms with Gasteiger partial charge in [0.05, 0.1) is 13.2 Å². The Hall–Kier alpha value is -2.90. The van der Waals surface area contributed by atoms with Gasteiger partial charge >= 0.3 is 11.9 Å². The summed E-state index contributed by atoms with van der Waals surface area (Å²) in [5.41, 5.74) is 7.09. The van der Waals surface area contributed by atoms with Crippen molar-refractivity contribution in [2.24, 2.45) is 0 Å². The standard InChI is InChI=1S/C33H38O6/c1-5-17-34-32(21-36-32)38-29-13-11-26(19-23(29)3)31(16-15-25-9-7-8-10-28(25)31)27-12-14-30(24(4)20-27)39-33(22-37-33)35-18-6-2/h7-14,19-20H,5-6,15-18,21-22H2,1-4H3. The van der Waals surface area contributed by atoms with Crippen molar-refractivity contribution < 1.29 is 28.4 Å². The molecule has 0 spiro atoms. The van der Waals surface area contributed by atoms with E-state index in [9.17, 15) is 0 Å². The van der Waals surface area contributed by atoms with Gasteiger partial charge in [-0.05, 0) is 85.0 Å². The number of benzene rings is 3. The lowest BCUT2D eigenvalue weighted by atomic mass is 9.69. The molecule has 3 aliphatic rings. The van der Waals surface area contributed by atoms with Crippen LogP contribution in [0, 0.1) is 13.8 Å². The van der Waals surface area contributed by atoms with Gasteiger partial charge in [-0.1, -0.05) is 62.4 Å². The molecule has 0 radical (unpaired) electrons. The van der Waals surface area contributed by atoms with Crippen molar-refractivity contribution in [3.05, 3.63) is 94.0 Å². The van der Waals surface area contributed by atoms with Crippen molar-refractivity contribution in [1.82, 2.24) is 0 Å². The number of aryl methyl sites for hydroxylation is 3. The van der Waals surface area contributed by atoms with Crippen LogP contribution in [0.4, 0.5) is 0 Å². The molecule has 6 rings (SSSR count). The van der Waals surface area contributed by atoms with Gasteiger partial charge in [0.2, 0.25) is 0 Å². The van der Waals surface area contributed by atoms with E-state index in [-0.39, 0.29) is 5.41 Å². The molecule has 3 aromatic rings. The zero-order valence-corrected chi connectivity index (χ0v) is 23.4. The van der Waals surface area contributed by atoms with Crippen LogP contribution in [0.2, 0.25) is 0 Å². The molecule has 39 heavy (non-hydrogen) atoms. The Morgan fingerprint density at radius 2 is 1.23 bits per heavy atom. The fourth-order valence-corrected chi connectivity index (χ4v) is 5.75. The van der Waals surface area contributed by atoms with Crippen molar-refractivity contribution in [2.45, 2.75) is 70.7 Å². The molecule has 2 saturated heterocycles. The van der Waals surface area contributed by atoms with Gasteiger partial charge in [-0.3, -0.25) is 0 Å². The lowest BCUT2D eigenvalue weighted by molar-refractivity contribution is -0.174. The molecule has 2 fully saturated rings. The Morgan fingerprint density at radius 1 is 0.718 bits per heavy atom. The minimum absolute atomic E-state index is 0.276. The van der Waals surface area contributed by atoms with Crippen LogP contribution in [0.1, 0.15) is 66.5 Å². The predicted molar refractivity (Wildman–Crippen MR) is 148 cm³/mol. The summed E-state index contributed by atoms with van der Waals surface area (Å²) in [5.74, 6) is -0.293. The highest BCUT2D eigenvalue weighted by Gasteiger charge is 2.51. The maximum absolute atomic E-state index is 6.20. The van der Waals surface area contributed by atoms with Gasteiger partial charge in [0.1, 0.15) is 24.7 Å². The van der Waals surface area contributed by atoms with Gasteiger partial charge in [-0.25, -0.2) is 0 Å². The third-order valence-electron chi connectivity index (χ3n) is 7.93. The van der Waals surface area contributed by atoms with E-state index in [2.05, 4.69) is 88.4 Å². The highest BCUT2D eigenvalue weighted by atomic mass is 16.9. The molecule has 1 aliphatic carbocycles. The molecule has 0 amide bonds. The van der Waals surface area contributed by atoms with Crippen LogP contribution in [0.25, 0.3) is 0 Å². The number of hydrogen-bond acceptors (Lipinski definition) is 6. The lowest BCUT2D eigenvalue weighted by Crippen LogP contribution is -2.28. The van der Waals surface area contributed by atoms with Crippen LogP contribution >= 0.6 is 0 Å². The zero-order valence-electron chi connectivity index (χ0n) is 23.4. The first-order valence-corrected chi connectivity index (χ1v) is 14.2. The number of hydrogen-bond donors (Lipinski definition) is 0. The normalized spacial score (nSPS) is 26.8. The van der Waals surface area contributed by atoms with E-state index in [0.717, 1.165) is 48.3 Å². The molecule has 6 nitrogen and oxygen atoms in total. The summed E-state index contributed by atoms with van der Waals surface area (Å²) >= 11 is 0. The van der Waals surface area contributed by atoms with Gasteiger partial charge in [0, 0.05) is 5.41 Å². The van der Waals surface area contributed by atoms with E-state index >= 15 is 0 Å². The Morgan fingerprint density at radius 3 is 1.69 bits per heavy atom. The van der Waals surface area contributed by atoms with Crippen molar-refractivity contribution >= 4 is 0 Å². The van der Waals surface area contributed by atoms with Gasteiger partial charge in [-0.2, -0.15) is 0 Å². The van der Waals surface area contributed by atoms with Crippen LogP contribution < -0.4 is 9.47 Å². The first kappa shape index (κ1) is 26.3. The molecule has 0 aromatic heterocycles. The topological polar surface area (TPSA) is 62.0 Å². The highest BCUT2D eigenvalue weighted by Crippen LogP contribution is 2.50. The summed E-state index contributed by atoms with van der Waals surface area (Å²) in [4.78, 5) is 0. The predicted octanol–water partition coefficient (Wildman–Crippen LogP) is 6.56. The second-order valence-corrected chi connectivity index (χ2v) is 10.9. The Kier molecular flexibility index (Phi) is 6.92. The average Bonchev–Trinajstić information content (AvgIpc) is 3.86. The number of epoxide rings is 2. The third-order valence-corrected chi connectivity index (χ3v) is 7.93. The van der Waals surface area contributed by atoms with E-state index in [0.29, 0.717) is 26.4 Å². The number of ether oxygens (including phenoxy) is 6. The van der Waals surface area contributed by atoms with Crippen molar-refractivity contribution in [3.8, 4) is 11.5 Å². The van der Waals surface area contributed by atoms with Crippen molar-refractivity contribution in [2.75, 3.05) is 26.4 Å². The fourth-order valence-electron chi connectivity index (χ4n) is 5.75. The quantitative estimate of drug-likeness (QED) is 0.195. The third kappa shape index (κ3) is 4.95. The lowest BCUT2D eigenvalue weighted by Gasteiger charge is -2.33. The smallest absolute Gasteiger partial charge is 0.352 e. The van der Waals surface area contributed by atoms with Gasteiger partial charge in [0.25, 0.3) is 0 Å². The van der Waals surface area contributed by atoms with Crippen LogP contribution in [0.15, 0.2) is 60.7 Å². The Bertz CT molecular complexity index is 1260. The molecular weight excluding hydrogens is 492 g/mol. The Labute approximate surface area is 231 Å². The van der Waals surface area contributed by atoms with Crippen LogP contribution in [0.3, 0.4) is 0 Å². The van der Waals surface area contributed by atoms with E-state index < -0.39 is 11.9 Å². The molecule has 2 unspecified atom stereocenters. The summed E-state index contributed by atoms with van der Waals surface area (Å²) in [5, 5.41) is 0. The SMILES string of the molecule is CCCOC1(Oc2ccc(C3(c4ccc(OC5(OCCC)CO5)c(C)c4)CCc4ccccc43)cc2C)CO1. The van der Waals surface area contributed by atoms with Crippen molar-refractivity contribution in [1.29, 1.82) is 0 Å². The molecular formula is C33H38O6. The summed E-state index contributed by atoms with van der Waals surface area (Å²) in [6.07, 6.45) is 3.84. The van der Waals surface area contributed by atoms with E-state index in [1.54, 1.807) is 0 Å². The minimum Gasteiger partial charge on any atom is -0.437 e. The van der Waals surface area contributed by atoms with Gasteiger partial charge in [0.15, 0.2) is 0 Å². The van der Waals surface area contributed by atoms with Gasteiger partial charge < -0.3 is 28.4 Å². The first-order valence-electron chi connectivity index (χ1n) is 14.2. The molecule has 2 aliphatic heterocycles. The number of rotatable bonds is 12. The van der Waals surface area contributed by atoms with Crippen molar-refractivity contribution in [3.63, 3.8) is 0 Å². The van der Waals surface area contributed by atoms with E-state index in [4.69, 9.17) is 28.4 Å². The first-order chi connectivity index (χ1) is 18.9. The van der Waals surface area contributed by atoms with E-state index in [1.165, 1.54) is 22.3 Å². The molecule has 6 heteroatoms. The Balaban J connectivity index is 1.35. The highest BCUT2D eigenvalue weighted by molar-refractivity contribution is 5.59. The average molecular weight is 531 g/mol. The molecule has 206 valence electrons. The number of fused-ring (bicyclic) bond motifs is 1. The van der Waals surface area contributed by atoms with E-state index in [1.807, 2.05) is 0 Å². The van der Waals surface area contributed by atoms with Gasteiger partial charge in [-0.15, -0.1) is 0 Å². The van der Waals surface area contributed by atoms with Crippen LogP contribution in [-0.4, -0.2) is 38.4 Å². The second kappa shape index (κ2) is 10.3. The second-order valence-electron chi connectivity index (χ2n) is 10.9. The monoisotopic (exact) mass is 530 g/mol. The zero-order chi connectivity index (χ0) is 27.1. The molecule has 3 aromatic carbocycles. The largest absolute Gasteiger partial charge is 0.437 e. The maximum Gasteiger partial charge on any atom is 0.352 e. The molecule has 0 N–H and O–H groups in total. The summed E-state index contributed by atoms with van der Waals surface area (Å²) < 4.78 is 35.1. The molecule has 2 heterocycles. The molecule has 0 bridgehead atoms. The maximum atomic E-state index is 6.20. The summed E-state index contributed by atoms with van der Waals surface area (Å²) in [7, 11) is 0. The molecule has 2 atom stereocenters. The minimum atomic E-state index is -0.934. The molecule has 0 saturated carbocycles. The fraction of sp³-hybridized carbons (Fsp3) is 0.455.